The maximum Gasteiger partial charge on any atom is 0.240 e. The molecule has 42 heavy (non-hydrogen) atoms. The molecule has 1 aliphatic rings. The Morgan fingerprint density at radius 2 is 1.60 bits per heavy atom. The quantitative estimate of drug-likeness (QED) is 0.0954. The molecule has 1 aliphatic carbocycles. The van der Waals surface area contributed by atoms with E-state index in [-0.39, 0.29) is 11.4 Å². The third kappa shape index (κ3) is 6.41. The molecule has 0 aliphatic heterocycles. The van der Waals surface area contributed by atoms with Gasteiger partial charge in [0.05, 0.1) is 19.2 Å². The van der Waals surface area contributed by atoms with Crippen molar-refractivity contribution in [1.29, 1.82) is 0 Å². The summed E-state index contributed by atoms with van der Waals surface area (Å²) in [6.45, 7) is 0.507. The molecule has 0 bridgehead atoms. The zero-order valence-corrected chi connectivity index (χ0v) is 23.7. The molecule has 1 aromatic heterocycles. The minimum Gasteiger partial charge on any atom is -0.493 e. The molecular formula is C31H29F2N3O5S. The highest BCUT2D eigenvalue weighted by Crippen LogP contribution is 2.47. The molecule has 1 heterocycles. The van der Waals surface area contributed by atoms with E-state index in [2.05, 4.69) is 28.2 Å². The number of amides is 2. The van der Waals surface area contributed by atoms with Crippen LogP contribution in [-0.2, 0) is 9.59 Å². The van der Waals surface area contributed by atoms with Crippen LogP contribution in [0.1, 0.15) is 25.7 Å². The van der Waals surface area contributed by atoms with Gasteiger partial charge in [-0.05, 0) is 80.0 Å². The highest BCUT2D eigenvalue weighted by molar-refractivity contribution is 7.80. The van der Waals surface area contributed by atoms with Gasteiger partial charge in [0, 0.05) is 35.1 Å². The van der Waals surface area contributed by atoms with Crippen molar-refractivity contribution in [2.75, 3.05) is 30.1 Å². The van der Waals surface area contributed by atoms with Crippen molar-refractivity contribution in [3.05, 3.63) is 78.5 Å². The highest BCUT2D eigenvalue weighted by atomic mass is 32.1. The molecule has 218 valence electrons. The molecule has 2 amide bonds. The van der Waals surface area contributed by atoms with Crippen LogP contribution in [0.15, 0.2) is 66.9 Å². The Morgan fingerprint density at radius 1 is 0.881 bits per heavy atom. The van der Waals surface area contributed by atoms with Crippen molar-refractivity contribution >= 4 is 46.7 Å². The number of ether oxygens (including phenoxy) is 3. The first-order valence-electron chi connectivity index (χ1n) is 13.4. The summed E-state index contributed by atoms with van der Waals surface area (Å²) < 4.78 is 45.6. The predicted octanol–water partition coefficient (Wildman–Crippen LogP) is 6.76. The molecule has 4 aromatic rings. The van der Waals surface area contributed by atoms with Crippen LogP contribution >= 0.6 is 12.6 Å². The second kappa shape index (κ2) is 12.6. The van der Waals surface area contributed by atoms with Crippen molar-refractivity contribution in [1.82, 2.24) is 4.98 Å². The van der Waals surface area contributed by atoms with Crippen LogP contribution in [0.25, 0.3) is 10.9 Å². The number of carbonyl (C=O) groups is 2. The largest absolute Gasteiger partial charge is 0.493 e. The third-order valence-electron chi connectivity index (χ3n) is 6.93. The molecule has 1 saturated carbocycles. The molecule has 0 atom stereocenters. The number of methoxy groups -OCH3 is 1. The van der Waals surface area contributed by atoms with Crippen molar-refractivity contribution in [3.8, 4) is 23.0 Å². The number of hydrogen-bond acceptors (Lipinski definition) is 7. The number of thiol groups is 1. The molecule has 0 radical (unpaired) electrons. The summed E-state index contributed by atoms with van der Waals surface area (Å²) in [7, 11) is 1.53. The van der Waals surface area contributed by atoms with Crippen molar-refractivity contribution in [3.63, 3.8) is 0 Å². The fraction of sp³-hybridized carbons (Fsp3) is 0.258. The zero-order valence-electron chi connectivity index (χ0n) is 22.8. The van der Waals surface area contributed by atoms with E-state index in [9.17, 15) is 14.0 Å². The second-order valence-corrected chi connectivity index (χ2v) is 10.3. The van der Waals surface area contributed by atoms with Gasteiger partial charge in [0.15, 0.2) is 23.1 Å². The van der Waals surface area contributed by atoms with Gasteiger partial charge in [-0.25, -0.2) is 8.78 Å². The van der Waals surface area contributed by atoms with Crippen LogP contribution < -0.4 is 24.8 Å². The number of benzene rings is 3. The number of carbonyl (C=O) groups excluding carboxylic acids is 2. The van der Waals surface area contributed by atoms with Gasteiger partial charge in [0.2, 0.25) is 11.8 Å². The standard InChI is InChI=1S/C31H29F2N3O5S/c1-39-27-17-22-24(18-28(27)40-14-2-3-15-42)34-13-10-25(22)41-26-9-8-21(16-23(26)33)36-30(38)31(11-12-31)29(37)35-20-6-4-19(32)5-7-20/h4-10,13,16-18,42H,2-3,11-12,14-15H2,1H3,(H,35,37)(H,36,38). The molecule has 5 rings (SSSR count). The van der Waals surface area contributed by atoms with Crippen LogP contribution in [-0.4, -0.2) is 36.3 Å². The van der Waals surface area contributed by atoms with Crippen LogP contribution in [0.3, 0.4) is 0 Å². The minimum absolute atomic E-state index is 0.0678. The van der Waals surface area contributed by atoms with Gasteiger partial charge in [-0.3, -0.25) is 14.6 Å². The Balaban J connectivity index is 1.28. The smallest absolute Gasteiger partial charge is 0.240 e. The zero-order chi connectivity index (χ0) is 29.7. The lowest BCUT2D eigenvalue weighted by molar-refractivity contribution is -0.131. The number of nitrogens with zero attached hydrogens (tertiary/aromatic N) is 1. The number of nitrogens with one attached hydrogen (secondary N) is 2. The molecule has 0 saturated heterocycles. The summed E-state index contributed by atoms with van der Waals surface area (Å²) in [4.78, 5) is 30.2. The number of halogens is 2. The van der Waals surface area contributed by atoms with E-state index in [4.69, 9.17) is 14.2 Å². The first kappa shape index (κ1) is 29.1. The first-order valence-corrected chi connectivity index (χ1v) is 14.0. The second-order valence-electron chi connectivity index (χ2n) is 9.85. The van der Waals surface area contributed by atoms with Gasteiger partial charge < -0.3 is 24.8 Å². The van der Waals surface area contributed by atoms with Crippen molar-refractivity contribution < 1.29 is 32.6 Å². The molecule has 8 nitrogen and oxygen atoms in total. The van der Waals surface area contributed by atoms with Crippen LogP contribution in [0, 0.1) is 17.0 Å². The molecule has 0 spiro atoms. The molecule has 2 N–H and O–H groups in total. The summed E-state index contributed by atoms with van der Waals surface area (Å²) in [5.74, 6) is -0.109. The lowest BCUT2D eigenvalue weighted by Crippen LogP contribution is -2.35. The van der Waals surface area contributed by atoms with Crippen LogP contribution in [0.2, 0.25) is 0 Å². The van der Waals surface area contributed by atoms with Crippen molar-refractivity contribution in [2.24, 2.45) is 5.41 Å². The first-order chi connectivity index (χ1) is 20.3. The Kier molecular flexibility index (Phi) is 8.77. The molecule has 1 fully saturated rings. The van der Waals surface area contributed by atoms with Gasteiger partial charge in [-0.15, -0.1) is 0 Å². The number of rotatable bonds is 12. The monoisotopic (exact) mass is 593 g/mol. The van der Waals surface area contributed by atoms with Crippen LogP contribution in [0.5, 0.6) is 23.0 Å². The Morgan fingerprint density at radius 3 is 2.26 bits per heavy atom. The average molecular weight is 594 g/mol. The summed E-state index contributed by atoms with van der Waals surface area (Å²) in [6.07, 6.45) is 4.01. The SMILES string of the molecule is COc1cc2c(Oc3ccc(NC(=O)C4(C(=O)Nc5ccc(F)cc5)CC4)cc3F)ccnc2cc1OCCCCS. The summed E-state index contributed by atoms with van der Waals surface area (Å²) >= 11 is 4.21. The van der Waals surface area contributed by atoms with Crippen LogP contribution in [0.4, 0.5) is 20.2 Å². The van der Waals surface area contributed by atoms with Gasteiger partial charge >= 0.3 is 0 Å². The van der Waals surface area contributed by atoms with Gasteiger partial charge in [0.1, 0.15) is 17.0 Å². The minimum atomic E-state index is -1.27. The third-order valence-corrected chi connectivity index (χ3v) is 7.24. The van der Waals surface area contributed by atoms with Crippen molar-refractivity contribution in [2.45, 2.75) is 25.7 Å². The average Bonchev–Trinajstić information content (AvgIpc) is 3.80. The van der Waals surface area contributed by atoms with E-state index in [0.717, 1.165) is 24.7 Å². The Hall–Kier alpha value is -4.38. The highest BCUT2D eigenvalue weighted by Gasteiger charge is 2.56. The van der Waals surface area contributed by atoms with Gasteiger partial charge in [-0.1, -0.05) is 0 Å². The number of unbranched alkanes of at least 4 members (excludes halogenated alkanes) is 1. The fourth-order valence-electron chi connectivity index (χ4n) is 4.38. The van der Waals surface area contributed by atoms with E-state index in [1.807, 2.05) is 0 Å². The normalized spacial score (nSPS) is 13.3. The van der Waals surface area contributed by atoms with E-state index < -0.39 is 28.9 Å². The lowest BCUT2D eigenvalue weighted by Gasteiger charge is -2.16. The maximum absolute atomic E-state index is 15.1. The van der Waals surface area contributed by atoms with Gasteiger partial charge in [0.25, 0.3) is 0 Å². The van der Waals surface area contributed by atoms with E-state index in [1.165, 1.54) is 43.5 Å². The molecular weight excluding hydrogens is 564 g/mol. The number of pyridine rings is 1. The lowest BCUT2D eigenvalue weighted by atomic mass is 10.0. The number of hydrogen-bond donors (Lipinski definition) is 3. The molecule has 0 unspecified atom stereocenters. The number of anilines is 2. The maximum atomic E-state index is 15.1. The summed E-state index contributed by atoms with van der Waals surface area (Å²) in [6, 6.07) is 14.4. The summed E-state index contributed by atoms with van der Waals surface area (Å²) in [5.41, 5.74) is -0.145. The van der Waals surface area contributed by atoms with Gasteiger partial charge in [-0.2, -0.15) is 12.6 Å². The molecule has 11 heteroatoms. The number of aromatic nitrogens is 1. The van der Waals surface area contributed by atoms with E-state index in [1.54, 1.807) is 24.4 Å². The summed E-state index contributed by atoms with van der Waals surface area (Å²) in [5, 5.41) is 5.86. The van der Waals surface area contributed by atoms with E-state index in [0.29, 0.717) is 53.3 Å². The molecule has 3 aromatic carbocycles. The van der Waals surface area contributed by atoms with E-state index >= 15 is 4.39 Å². The fourth-order valence-corrected chi connectivity index (χ4v) is 4.61. The topological polar surface area (TPSA) is 98.8 Å². The predicted molar refractivity (Wildman–Crippen MR) is 159 cm³/mol. The number of fused-ring (bicyclic) bond motifs is 1. The Labute approximate surface area is 246 Å². The Bertz CT molecular complexity index is 1610.